The molecule has 9 heteroatoms. The van der Waals surface area contributed by atoms with Crippen molar-refractivity contribution in [2.45, 2.75) is 25.0 Å². The Morgan fingerprint density at radius 3 is 3.00 bits per heavy atom. The molecule has 0 bridgehead atoms. The Morgan fingerprint density at radius 1 is 1.43 bits per heavy atom. The average molecular weight is 292 g/mol. The Bertz CT molecular complexity index is 659. The fraction of sp³-hybridized carbons (Fsp3) is 0.417. The van der Waals surface area contributed by atoms with Gasteiger partial charge in [-0.2, -0.15) is 4.98 Å². The van der Waals surface area contributed by atoms with Gasteiger partial charge in [0.1, 0.15) is 18.1 Å². The maximum atomic E-state index is 10.9. The van der Waals surface area contributed by atoms with Crippen molar-refractivity contribution in [2.24, 2.45) is 0 Å². The van der Waals surface area contributed by atoms with Crippen LogP contribution in [-0.4, -0.2) is 44.4 Å². The standard InChI is InChI=1S/C12H12N4O5/c1-19-9-4-6(13-5-14-9)10-15-11(21-16-10)7-2-3-8(20-7)12(17)18/h4-5,7-8H,2-3H2,1H3,(H,17,18). The molecule has 2 atom stereocenters. The highest BCUT2D eigenvalue weighted by molar-refractivity contribution is 5.72. The predicted octanol–water partition coefficient (Wildman–Crippen LogP) is 0.840. The van der Waals surface area contributed by atoms with Crippen LogP contribution in [0.5, 0.6) is 5.88 Å². The average Bonchev–Trinajstić information content (AvgIpc) is 3.16. The number of aromatic nitrogens is 4. The van der Waals surface area contributed by atoms with Gasteiger partial charge in [0.15, 0.2) is 6.10 Å². The quantitative estimate of drug-likeness (QED) is 0.873. The van der Waals surface area contributed by atoms with Gasteiger partial charge in [0.2, 0.25) is 11.7 Å². The zero-order valence-corrected chi connectivity index (χ0v) is 11.1. The molecule has 3 rings (SSSR count). The third-order valence-electron chi connectivity index (χ3n) is 3.09. The molecule has 0 aliphatic carbocycles. The van der Waals surface area contributed by atoms with E-state index in [1.165, 1.54) is 13.4 Å². The summed E-state index contributed by atoms with van der Waals surface area (Å²) in [6.45, 7) is 0. The molecule has 2 aromatic rings. The largest absolute Gasteiger partial charge is 0.481 e. The second kappa shape index (κ2) is 5.44. The van der Waals surface area contributed by atoms with Crippen LogP contribution in [0, 0.1) is 0 Å². The van der Waals surface area contributed by atoms with Crippen LogP contribution in [0.3, 0.4) is 0 Å². The van der Waals surface area contributed by atoms with Crippen molar-refractivity contribution in [3.8, 4) is 17.4 Å². The maximum absolute atomic E-state index is 10.9. The van der Waals surface area contributed by atoms with Crippen LogP contribution in [0.1, 0.15) is 24.8 Å². The molecule has 0 amide bonds. The van der Waals surface area contributed by atoms with Gasteiger partial charge in [-0.05, 0) is 12.8 Å². The van der Waals surface area contributed by atoms with Gasteiger partial charge in [0.25, 0.3) is 5.89 Å². The normalized spacial score (nSPS) is 21.4. The zero-order chi connectivity index (χ0) is 14.8. The Hall–Kier alpha value is -2.55. The molecule has 9 nitrogen and oxygen atoms in total. The molecular formula is C12H12N4O5. The van der Waals surface area contributed by atoms with Crippen molar-refractivity contribution < 1.29 is 23.9 Å². The first kappa shape index (κ1) is 13.4. The minimum atomic E-state index is -0.988. The smallest absolute Gasteiger partial charge is 0.332 e. The molecule has 2 aromatic heterocycles. The van der Waals surface area contributed by atoms with E-state index >= 15 is 0 Å². The number of hydrogen-bond donors (Lipinski definition) is 1. The van der Waals surface area contributed by atoms with Crippen LogP contribution in [0.25, 0.3) is 11.5 Å². The number of carboxylic acid groups (broad SMARTS) is 1. The molecule has 1 N–H and O–H groups in total. The van der Waals surface area contributed by atoms with Crippen molar-refractivity contribution in [3.05, 3.63) is 18.3 Å². The van der Waals surface area contributed by atoms with Crippen molar-refractivity contribution in [2.75, 3.05) is 7.11 Å². The van der Waals surface area contributed by atoms with Crippen molar-refractivity contribution in [1.29, 1.82) is 0 Å². The Balaban J connectivity index is 1.79. The number of hydrogen-bond acceptors (Lipinski definition) is 8. The topological polar surface area (TPSA) is 120 Å². The van der Waals surface area contributed by atoms with E-state index < -0.39 is 18.2 Å². The first-order valence-electron chi connectivity index (χ1n) is 6.25. The van der Waals surface area contributed by atoms with E-state index in [9.17, 15) is 4.79 Å². The summed E-state index contributed by atoms with van der Waals surface area (Å²) in [6, 6.07) is 1.57. The molecule has 0 aromatic carbocycles. The minimum Gasteiger partial charge on any atom is -0.481 e. The summed E-state index contributed by atoms with van der Waals surface area (Å²) in [4.78, 5) is 23.0. The molecule has 0 spiro atoms. The number of rotatable bonds is 4. The van der Waals surface area contributed by atoms with E-state index in [1.54, 1.807) is 6.07 Å². The molecular weight excluding hydrogens is 280 g/mol. The highest BCUT2D eigenvalue weighted by Gasteiger charge is 2.34. The van der Waals surface area contributed by atoms with E-state index in [1.807, 2.05) is 0 Å². The Morgan fingerprint density at radius 2 is 2.29 bits per heavy atom. The van der Waals surface area contributed by atoms with Gasteiger partial charge < -0.3 is 19.1 Å². The summed E-state index contributed by atoms with van der Waals surface area (Å²) < 4.78 is 15.5. The Kier molecular flexibility index (Phi) is 3.48. The van der Waals surface area contributed by atoms with Crippen LogP contribution in [0.4, 0.5) is 0 Å². The van der Waals surface area contributed by atoms with Crippen LogP contribution in [0.2, 0.25) is 0 Å². The number of nitrogens with zero attached hydrogens (tertiary/aromatic N) is 4. The molecule has 0 saturated carbocycles. The van der Waals surface area contributed by atoms with E-state index in [0.717, 1.165) is 0 Å². The molecule has 21 heavy (non-hydrogen) atoms. The molecule has 110 valence electrons. The fourth-order valence-corrected chi connectivity index (χ4v) is 2.04. The molecule has 1 aliphatic heterocycles. The van der Waals surface area contributed by atoms with Crippen LogP contribution in [-0.2, 0) is 9.53 Å². The zero-order valence-electron chi connectivity index (χ0n) is 11.1. The SMILES string of the molecule is COc1cc(-c2noc(C3CCC(C(=O)O)O3)n2)ncn1. The lowest BCUT2D eigenvalue weighted by Crippen LogP contribution is -2.18. The third kappa shape index (κ3) is 2.68. The molecule has 3 heterocycles. The molecule has 1 fully saturated rings. The van der Waals surface area contributed by atoms with Gasteiger partial charge in [-0.3, -0.25) is 0 Å². The number of carboxylic acids is 1. The highest BCUT2D eigenvalue weighted by Crippen LogP contribution is 2.32. The van der Waals surface area contributed by atoms with E-state index in [2.05, 4.69) is 20.1 Å². The number of ether oxygens (including phenoxy) is 2. The first-order chi connectivity index (χ1) is 10.2. The van der Waals surface area contributed by atoms with Gasteiger partial charge in [0.05, 0.1) is 7.11 Å². The minimum absolute atomic E-state index is 0.242. The lowest BCUT2D eigenvalue weighted by molar-refractivity contribution is -0.150. The fourth-order valence-electron chi connectivity index (χ4n) is 2.04. The summed E-state index contributed by atoms with van der Waals surface area (Å²) in [5.74, 6) is -0.0911. The summed E-state index contributed by atoms with van der Waals surface area (Å²) in [7, 11) is 1.49. The Labute approximate surface area is 118 Å². The molecule has 0 radical (unpaired) electrons. The van der Waals surface area contributed by atoms with E-state index in [0.29, 0.717) is 24.4 Å². The van der Waals surface area contributed by atoms with Crippen molar-refractivity contribution in [1.82, 2.24) is 20.1 Å². The number of carbonyl (C=O) groups is 1. The predicted molar refractivity (Wildman–Crippen MR) is 66.4 cm³/mol. The summed E-state index contributed by atoms with van der Waals surface area (Å²) in [5.41, 5.74) is 0.449. The van der Waals surface area contributed by atoms with Crippen LogP contribution < -0.4 is 4.74 Å². The number of aliphatic carboxylic acids is 1. The second-order valence-electron chi connectivity index (χ2n) is 4.43. The van der Waals surface area contributed by atoms with Gasteiger partial charge in [-0.15, -0.1) is 0 Å². The lowest BCUT2D eigenvalue weighted by atomic mass is 10.2. The molecule has 1 saturated heterocycles. The van der Waals surface area contributed by atoms with Gasteiger partial charge in [0, 0.05) is 6.07 Å². The van der Waals surface area contributed by atoms with Crippen LogP contribution in [0.15, 0.2) is 16.9 Å². The van der Waals surface area contributed by atoms with E-state index in [-0.39, 0.29) is 11.7 Å². The number of methoxy groups -OCH3 is 1. The van der Waals surface area contributed by atoms with Crippen molar-refractivity contribution >= 4 is 5.97 Å². The maximum Gasteiger partial charge on any atom is 0.332 e. The lowest BCUT2D eigenvalue weighted by Gasteiger charge is -2.05. The third-order valence-corrected chi connectivity index (χ3v) is 3.09. The van der Waals surface area contributed by atoms with Crippen LogP contribution >= 0.6 is 0 Å². The highest BCUT2D eigenvalue weighted by atomic mass is 16.5. The van der Waals surface area contributed by atoms with Crippen molar-refractivity contribution in [3.63, 3.8) is 0 Å². The molecule has 2 unspecified atom stereocenters. The summed E-state index contributed by atoms with van der Waals surface area (Å²) in [6.07, 6.45) is 0.933. The summed E-state index contributed by atoms with van der Waals surface area (Å²) in [5, 5.41) is 12.7. The second-order valence-corrected chi connectivity index (χ2v) is 4.43. The molecule has 1 aliphatic rings. The van der Waals surface area contributed by atoms with Gasteiger partial charge in [-0.1, -0.05) is 5.16 Å². The monoisotopic (exact) mass is 292 g/mol. The van der Waals surface area contributed by atoms with Gasteiger partial charge in [-0.25, -0.2) is 14.8 Å². The van der Waals surface area contributed by atoms with E-state index in [4.69, 9.17) is 19.1 Å². The summed E-state index contributed by atoms with van der Waals surface area (Å²) >= 11 is 0. The van der Waals surface area contributed by atoms with Gasteiger partial charge >= 0.3 is 5.97 Å². The first-order valence-corrected chi connectivity index (χ1v) is 6.25.